The van der Waals surface area contributed by atoms with Crippen molar-refractivity contribution in [2.45, 2.75) is 6.92 Å². The number of amides is 1. The fourth-order valence-electron chi connectivity index (χ4n) is 1.76. The van der Waals surface area contributed by atoms with Crippen molar-refractivity contribution in [2.75, 3.05) is 24.8 Å². The van der Waals surface area contributed by atoms with Gasteiger partial charge in [-0.05, 0) is 55.0 Å². The molecule has 0 unspecified atom stereocenters. The Morgan fingerprint density at radius 1 is 1.14 bits per heavy atom. The number of aryl methyl sites for hydroxylation is 1. The smallest absolute Gasteiger partial charge is 0.262 e. The molecule has 0 aliphatic heterocycles. The molecule has 0 radical (unpaired) electrons. The molecule has 0 atom stereocenters. The van der Waals surface area contributed by atoms with E-state index in [0.717, 1.165) is 11.3 Å². The molecule has 1 amide bonds. The monoisotopic (exact) mass is 286 g/mol. The highest BCUT2D eigenvalue weighted by atomic mass is 16.5. The molecule has 0 saturated heterocycles. The molecule has 5 nitrogen and oxygen atoms in total. The quantitative estimate of drug-likeness (QED) is 0.829. The molecule has 21 heavy (non-hydrogen) atoms. The minimum Gasteiger partial charge on any atom is -0.497 e. The van der Waals surface area contributed by atoms with Crippen LogP contribution >= 0.6 is 0 Å². The number of carbonyl (C=O) groups excluding carboxylic acids is 1. The lowest BCUT2D eigenvalue weighted by Gasteiger charge is -2.09. The van der Waals surface area contributed by atoms with Gasteiger partial charge in [-0.3, -0.25) is 4.79 Å². The van der Waals surface area contributed by atoms with Gasteiger partial charge in [0.25, 0.3) is 5.91 Å². The third kappa shape index (κ3) is 4.14. The zero-order valence-electron chi connectivity index (χ0n) is 12.1. The number of carbonyl (C=O) groups is 1. The van der Waals surface area contributed by atoms with Crippen LogP contribution in [0.15, 0.2) is 42.5 Å². The van der Waals surface area contributed by atoms with Gasteiger partial charge < -0.3 is 20.5 Å². The molecule has 0 heterocycles. The van der Waals surface area contributed by atoms with Gasteiger partial charge in [-0.2, -0.15) is 0 Å². The summed E-state index contributed by atoms with van der Waals surface area (Å²) >= 11 is 0. The van der Waals surface area contributed by atoms with E-state index in [2.05, 4.69) is 5.32 Å². The molecule has 0 aliphatic carbocycles. The van der Waals surface area contributed by atoms with Crippen molar-refractivity contribution in [3.05, 3.63) is 48.0 Å². The van der Waals surface area contributed by atoms with E-state index in [4.69, 9.17) is 15.2 Å². The SMILES string of the molecule is COc1ccc(NC(=O)COc2ccc(N)c(C)c2)cc1. The molecule has 0 aromatic heterocycles. The first-order valence-electron chi connectivity index (χ1n) is 6.51. The van der Waals surface area contributed by atoms with E-state index in [-0.39, 0.29) is 12.5 Å². The van der Waals surface area contributed by atoms with Gasteiger partial charge in [0.05, 0.1) is 7.11 Å². The maximum absolute atomic E-state index is 11.8. The van der Waals surface area contributed by atoms with Gasteiger partial charge >= 0.3 is 0 Å². The van der Waals surface area contributed by atoms with Crippen LogP contribution < -0.4 is 20.5 Å². The zero-order chi connectivity index (χ0) is 15.2. The lowest BCUT2D eigenvalue weighted by molar-refractivity contribution is -0.118. The Hall–Kier alpha value is -2.69. The van der Waals surface area contributed by atoms with Crippen molar-refractivity contribution in [1.29, 1.82) is 0 Å². The van der Waals surface area contributed by atoms with E-state index in [1.54, 1.807) is 49.6 Å². The second kappa shape index (κ2) is 6.65. The predicted molar refractivity (Wildman–Crippen MR) is 82.7 cm³/mol. The van der Waals surface area contributed by atoms with Crippen LogP contribution in [0.2, 0.25) is 0 Å². The van der Waals surface area contributed by atoms with Crippen LogP contribution in [0.25, 0.3) is 0 Å². The van der Waals surface area contributed by atoms with Gasteiger partial charge in [-0.25, -0.2) is 0 Å². The van der Waals surface area contributed by atoms with Gasteiger partial charge in [0.2, 0.25) is 0 Å². The number of nitrogens with two attached hydrogens (primary N) is 1. The number of anilines is 2. The van der Waals surface area contributed by atoms with Gasteiger partial charge in [0.15, 0.2) is 6.61 Å². The fourth-order valence-corrected chi connectivity index (χ4v) is 1.76. The largest absolute Gasteiger partial charge is 0.497 e. The molecular weight excluding hydrogens is 268 g/mol. The number of nitrogens with one attached hydrogen (secondary N) is 1. The summed E-state index contributed by atoms with van der Waals surface area (Å²) in [5.41, 5.74) is 8.04. The Bertz CT molecular complexity index is 624. The minimum absolute atomic E-state index is 0.0601. The molecule has 0 saturated carbocycles. The van der Waals surface area contributed by atoms with E-state index in [0.29, 0.717) is 17.1 Å². The Labute approximate surface area is 123 Å². The van der Waals surface area contributed by atoms with Crippen LogP contribution in [0.4, 0.5) is 11.4 Å². The van der Waals surface area contributed by atoms with Crippen LogP contribution in [0.5, 0.6) is 11.5 Å². The molecule has 3 N–H and O–H groups in total. The van der Waals surface area contributed by atoms with Gasteiger partial charge in [-0.1, -0.05) is 0 Å². The molecule has 0 spiro atoms. The van der Waals surface area contributed by atoms with E-state index < -0.39 is 0 Å². The number of hydrogen-bond acceptors (Lipinski definition) is 4. The van der Waals surface area contributed by atoms with Crippen molar-refractivity contribution >= 4 is 17.3 Å². The average Bonchev–Trinajstić information content (AvgIpc) is 2.49. The second-order valence-corrected chi connectivity index (χ2v) is 4.58. The van der Waals surface area contributed by atoms with Crippen LogP contribution in [-0.4, -0.2) is 19.6 Å². The molecule has 0 bridgehead atoms. The van der Waals surface area contributed by atoms with Gasteiger partial charge in [0, 0.05) is 11.4 Å². The molecular formula is C16H18N2O3. The highest BCUT2D eigenvalue weighted by Crippen LogP contribution is 2.19. The molecule has 2 aromatic rings. The van der Waals surface area contributed by atoms with E-state index in [1.807, 2.05) is 6.92 Å². The molecule has 110 valence electrons. The first-order valence-corrected chi connectivity index (χ1v) is 6.51. The number of ether oxygens (including phenoxy) is 2. The summed E-state index contributed by atoms with van der Waals surface area (Å²) in [6.07, 6.45) is 0. The van der Waals surface area contributed by atoms with Crippen LogP contribution in [0.1, 0.15) is 5.56 Å². The molecule has 2 rings (SSSR count). The number of benzene rings is 2. The normalized spacial score (nSPS) is 10.0. The van der Waals surface area contributed by atoms with Crippen molar-refractivity contribution in [1.82, 2.24) is 0 Å². The fraction of sp³-hybridized carbons (Fsp3) is 0.188. The average molecular weight is 286 g/mol. The number of nitrogen functional groups attached to an aromatic ring is 1. The summed E-state index contributed by atoms with van der Waals surface area (Å²) in [7, 11) is 1.59. The molecule has 0 aliphatic rings. The maximum Gasteiger partial charge on any atom is 0.262 e. The zero-order valence-corrected chi connectivity index (χ0v) is 12.1. The first kappa shape index (κ1) is 14.7. The second-order valence-electron chi connectivity index (χ2n) is 4.58. The highest BCUT2D eigenvalue weighted by molar-refractivity contribution is 5.91. The number of methoxy groups -OCH3 is 1. The van der Waals surface area contributed by atoms with Crippen molar-refractivity contribution in [3.63, 3.8) is 0 Å². The van der Waals surface area contributed by atoms with Crippen molar-refractivity contribution in [3.8, 4) is 11.5 Å². The van der Waals surface area contributed by atoms with Crippen molar-refractivity contribution < 1.29 is 14.3 Å². The van der Waals surface area contributed by atoms with E-state index in [1.165, 1.54) is 0 Å². The Kier molecular flexibility index (Phi) is 4.66. The van der Waals surface area contributed by atoms with E-state index in [9.17, 15) is 4.79 Å². The van der Waals surface area contributed by atoms with Gasteiger partial charge in [-0.15, -0.1) is 0 Å². The third-order valence-electron chi connectivity index (χ3n) is 2.98. The lowest BCUT2D eigenvalue weighted by atomic mass is 10.2. The van der Waals surface area contributed by atoms with E-state index >= 15 is 0 Å². The summed E-state index contributed by atoms with van der Waals surface area (Å²) in [6, 6.07) is 12.4. The standard InChI is InChI=1S/C16H18N2O3/c1-11-9-14(7-8-15(11)17)21-10-16(19)18-12-3-5-13(20-2)6-4-12/h3-9H,10,17H2,1-2H3,(H,18,19). The lowest BCUT2D eigenvalue weighted by Crippen LogP contribution is -2.20. The van der Waals surface area contributed by atoms with Crippen molar-refractivity contribution in [2.24, 2.45) is 0 Å². The topological polar surface area (TPSA) is 73.6 Å². The highest BCUT2D eigenvalue weighted by Gasteiger charge is 2.05. The number of rotatable bonds is 5. The first-order chi connectivity index (χ1) is 10.1. The molecule has 2 aromatic carbocycles. The Balaban J connectivity index is 1.87. The summed E-state index contributed by atoms with van der Waals surface area (Å²) in [5, 5.41) is 2.75. The predicted octanol–water partition coefficient (Wildman–Crippen LogP) is 2.60. The van der Waals surface area contributed by atoms with Crippen LogP contribution in [-0.2, 0) is 4.79 Å². The van der Waals surface area contributed by atoms with Gasteiger partial charge in [0.1, 0.15) is 11.5 Å². The minimum atomic E-state index is -0.227. The molecule has 5 heteroatoms. The summed E-state index contributed by atoms with van der Waals surface area (Å²) in [6.45, 7) is 1.83. The maximum atomic E-state index is 11.8. The Morgan fingerprint density at radius 3 is 2.43 bits per heavy atom. The summed E-state index contributed by atoms with van der Waals surface area (Å²) < 4.78 is 10.5. The third-order valence-corrected chi connectivity index (χ3v) is 2.98. The Morgan fingerprint density at radius 2 is 1.81 bits per heavy atom. The summed E-state index contributed by atoms with van der Waals surface area (Å²) in [4.78, 5) is 11.8. The van der Waals surface area contributed by atoms with Crippen LogP contribution in [0, 0.1) is 6.92 Å². The number of hydrogen-bond donors (Lipinski definition) is 2. The molecule has 0 fully saturated rings. The van der Waals surface area contributed by atoms with Crippen LogP contribution in [0.3, 0.4) is 0 Å². The summed E-state index contributed by atoms with van der Waals surface area (Å²) in [5.74, 6) is 1.13.